The standard InChI is InChI=1S/C21H19ClN2O2/c22-17-7-4-3-6-15(17)19(25)13-14-9-10-18-16(12-14)21(26)24-11-5-1-2-8-20(24)23-18/h3-4,6-7,9-10,12H,1-2,5,8,11,13H2. The van der Waals surface area contributed by atoms with Gasteiger partial charge in [-0.15, -0.1) is 0 Å². The molecule has 0 radical (unpaired) electrons. The second kappa shape index (κ2) is 7.04. The van der Waals surface area contributed by atoms with Gasteiger partial charge in [0.1, 0.15) is 5.82 Å². The van der Waals surface area contributed by atoms with Crippen LogP contribution in [0.1, 0.15) is 41.0 Å². The summed E-state index contributed by atoms with van der Waals surface area (Å²) in [6.07, 6.45) is 4.25. The Morgan fingerprint density at radius 2 is 1.96 bits per heavy atom. The summed E-state index contributed by atoms with van der Waals surface area (Å²) < 4.78 is 1.80. The Morgan fingerprint density at radius 3 is 2.81 bits per heavy atom. The van der Waals surface area contributed by atoms with Gasteiger partial charge in [-0.3, -0.25) is 14.2 Å². The van der Waals surface area contributed by atoms with Gasteiger partial charge in [0, 0.05) is 24.9 Å². The number of carbonyl (C=O) groups excluding carboxylic acids is 1. The first-order chi connectivity index (χ1) is 12.6. The number of aromatic nitrogens is 2. The molecule has 1 aromatic heterocycles. The number of carbonyl (C=O) groups is 1. The second-order valence-electron chi connectivity index (χ2n) is 6.73. The molecule has 0 bridgehead atoms. The van der Waals surface area contributed by atoms with E-state index in [-0.39, 0.29) is 17.8 Å². The lowest BCUT2D eigenvalue weighted by Crippen LogP contribution is -2.24. The van der Waals surface area contributed by atoms with Crippen LogP contribution < -0.4 is 5.56 Å². The molecule has 4 rings (SSSR count). The number of fused-ring (bicyclic) bond motifs is 2. The molecule has 0 spiro atoms. The summed E-state index contributed by atoms with van der Waals surface area (Å²) in [4.78, 5) is 30.1. The van der Waals surface area contributed by atoms with Gasteiger partial charge in [0.2, 0.25) is 0 Å². The molecule has 0 amide bonds. The molecule has 0 aliphatic carbocycles. The fourth-order valence-electron chi connectivity index (χ4n) is 3.54. The largest absolute Gasteiger partial charge is 0.296 e. The molecule has 4 nitrogen and oxygen atoms in total. The van der Waals surface area contributed by atoms with Crippen molar-refractivity contribution in [3.05, 3.63) is 74.8 Å². The van der Waals surface area contributed by atoms with Gasteiger partial charge in [-0.2, -0.15) is 0 Å². The summed E-state index contributed by atoms with van der Waals surface area (Å²) in [7, 11) is 0. The molecule has 5 heteroatoms. The van der Waals surface area contributed by atoms with E-state index < -0.39 is 0 Å². The molecular weight excluding hydrogens is 348 g/mol. The van der Waals surface area contributed by atoms with Crippen LogP contribution in [0.15, 0.2) is 47.3 Å². The normalized spacial score (nSPS) is 14.0. The average molecular weight is 367 g/mol. The van der Waals surface area contributed by atoms with E-state index in [1.54, 1.807) is 34.9 Å². The first-order valence-electron chi connectivity index (χ1n) is 8.93. The smallest absolute Gasteiger partial charge is 0.261 e. The van der Waals surface area contributed by atoms with Gasteiger partial charge < -0.3 is 0 Å². The minimum atomic E-state index is -0.0576. The van der Waals surface area contributed by atoms with Crippen molar-refractivity contribution in [2.45, 2.75) is 38.6 Å². The molecule has 132 valence electrons. The van der Waals surface area contributed by atoms with Gasteiger partial charge in [0.05, 0.1) is 15.9 Å². The predicted octanol–water partition coefficient (Wildman–Crippen LogP) is 4.20. The second-order valence-corrected chi connectivity index (χ2v) is 7.13. The minimum absolute atomic E-state index is 0.000979. The summed E-state index contributed by atoms with van der Waals surface area (Å²) in [6, 6.07) is 12.5. The molecule has 2 aromatic carbocycles. The number of halogens is 1. The Kier molecular flexibility index (Phi) is 4.60. The fraction of sp³-hybridized carbons (Fsp3) is 0.286. The molecule has 0 atom stereocenters. The molecule has 0 saturated carbocycles. The summed E-state index contributed by atoms with van der Waals surface area (Å²) in [5.41, 5.74) is 2.01. The van der Waals surface area contributed by atoms with Crippen molar-refractivity contribution in [2.75, 3.05) is 0 Å². The Hall–Kier alpha value is -2.46. The highest BCUT2D eigenvalue weighted by molar-refractivity contribution is 6.34. The van der Waals surface area contributed by atoms with E-state index in [1.807, 2.05) is 12.1 Å². The van der Waals surface area contributed by atoms with Crippen molar-refractivity contribution >= 4 is 28.3 Å². The zero-order valence-electron chi connectivity index (χ0n) is 14.4. The van der Waals surface area contributed by atoms with E-state index in [9.17, 15) is 9.59 Å². The van der Waals surface area contributed by atoms with Crippen molar-refractivity contribution < 1.29 is 4.79 Å². The van der Waals surface area contributed by atoms with Crippen LogP contribution in [0.5, 0.6) is 0 Å². The fourth-order valence-corrected chi connectivity index (χ4v) is 3.78. The minimum Gasteiger partial charge on any atom is -0.296 e. The summed E-state index contributed by atoms with van der Waals surface area (Å²) in [5.74, 6) is 0.817. The van der Waals surface area contributed by atoms with Crippen LogP contribution in [0.2, 0.25) is 5.02 Å². The maximum atomic E-state index is 12.9. The topological polar surface area (TPSA) is 52.0 Å². The van der Waals surface area contributed by atoms with Gasteiger partial charge in [0.15, 0.2) is 5.78 Å². The molecule has 0 saturated heterocycles. The summed E-state index contributed by atoms with van der Waals surface area (Å²) in [5, 5.41) is 1.03. The van der Waals surface area contributed by atoms with Crippen molar-refractivity contribution in [3.8, 4) is 0 Å². The SMILES string of the molecule is O=C(Cc1ccc2nc3n(c(=O)c2c1)CCCCC3)c1ccccc1Cl. The molecule has 2 heterocycles. The van der Waals surface area contributed by atoms with Gasteiger partial charge >= 0.3 is 0 Å². The Morgan fingerprint density at radius 1 is 1.12 bits per heavy atom. The van der Waals surface area contributed by atoms with Crippen LogP contribution in [0, 0.1) is 0 Å². The molecule has 26 heavy (non-hydrogen) atoms. The zero-order valence-corrected chi connectivity index (χ0v) is 15.1. The van der Waals surface area contributed by atoms with E-state index in [0.717, 1.165) is 43.6 Å². The maximum Gasteiger partial charge on any atom is 0.261 e. The molecule has 1 aliphatic heterocycles. The van der Waals surface area contributed by atoms with Gasteiger partial charge in [0.25, 0.3) is 5.56 Å². The number of rotatable bonds is 3. The van der Waals surface area contributed by atoms with Crippen LogP contribution in [0.25, 0.3) is 10.9 Å². The van der Waals surface area contributed by atoms with Gasteiger partial charge in [-0.1, -0.05) is 36.2 Å². The van der Waals surface area contributed by atoms with Gasteiger partial charge in [-0.25, -0.2) is 4.98 Å². The number of hydrogen-bond donors (Lipinski definition) is 0. The lowest BCUT2D eigenvalue weighted by atomic mass is 10.0. The molecular formula is C21H19ClN2O2. The lowest BCUT2D eigenvalue weighted by molar-refractivity contribution is 0.0993. The number of aryl methyl sites for hydroxylation is 1. The van der Waals surface area contributed by atoms with E-state index in [4.69, 9.17) is 11.6 Å². The van der Waals surface area contributed by atoms with Crippen LogP contribution in [0.4, 0.5) is 0 Å². The van der Waals surface area contributed by atoms with Crippen LogP contribution in [-0.4, -0.2) is 15.3 Å². The van der Waals surface area contributed by atoms with E-state index in [0.29, 0.717) is 21.5 Å². The number of benzene rings is 2. The number of ketones is 1. The number of hydrogen-bond acceptors (Lipinski definition) is 3. The molecule has 3 aromatic rings. The lowest BCUT2D eigenvalue weighted by Gasteiger charge is -2.11. The third kappa shape index (κ3) is 3.17. The number of nitrogens with zero attached hydrogens (tertiary/aromatic N) is 2. The van der Waals surface area contributed by atoms with Gasteiger partial charge in [-0.05, 0) is 42.7 Å². The Bertz CT molecular complexity index is 1060. The Balaban J connectivity index is 1.72. The third-order valence-corrected chi connectivity index (χ3v) is 5.25. The zero-order chi connectivity index (χ0) is 18.1. The maximum absolute atomic E-state index is 12.9. The van der Waals surface area contributed by atoms with Crippen molar-refractivity contribution in [3.63, 3.8) is 0 Å². The van der Waals surface area contributed by atoms with E-state index in [1.165, 1.54) is 0 Å². The molecule has 1 aliphatic rings. The highest BCUT2D eigenvalue weighted by Crippen LogP contribution is 2.20. The van der Waals surface area contributed by atoms with Crippen LogP contribution in [-0.2, 0) is 19.4 Å². The van der Waals surface area contributed by atoms with Crippen LogP contribution >= 0.6 is 11.6 Å². The Labute approximate surface area is 156 Å². The van der Waals surface area contributed by atoms with Crippen LogP contribution in [0.3, 0.4) is 0 Å². The average Bonchev–Trinajstić information content (AvgIpc) is 2.88. The number of Topliss-reactive ketones (excluding diaryl/α,β-unsaturated/α-hetero) is 1. The highest BCUT2D eigenvalue weighted by Gasteiger charge is 2.15. The van der Waals surface area contributed by atoms with Crippen molar-refractivity contribution in [1.29, 1.82) is 0 Å². The summed E-state index contributed by atoms with van der Waals surface area (Å²) >= 11 is 6.12. The monoisotopic (exact) mass is 366 g/mol. The first-order valence-corrected chi connectivity index (χ1v) is 9.31. The van der Waals surface area contributed by atoms with Crippen molar-refractivity contribution in [1.82, 2.24) is 9.55 Å². The first kappa shape index (κ1) is 17.0. The molecule has 0 fully saturated rings. The summed E-state index contributed by atoms with van der Waals surface area (Å²) in [6.45, 7) is 0.722. The van der Waals surface area contributed by atoms with E-state index in [2.05, 4.69) is 4.98 Å². The molecule has 0 N–H and O–H groups in total. The molecule has 0 unspecified atom stereocenters. The predicted molar refractivity (Wildman–Crippen MR) is 103 cm³/mol. The van der Waals surface area contributed by atoms with E-state index >= 15 is 0 Å². The highest BCUT2D eigenvalue weighted by atomic mass is 35.5. The quantitative estimate of drug-likeness (QED) is 0.653. The van der Waals surface area contributed by atoms with Crippen molar-refractivity contribution in [2.24, 2.45) is 0 Å². The third-order valence-electron chi connectivity index (χ3n) is 4.92.